The molecule has 3 atom stereocenters. The predicted octanol–water partition coefficient (Wildman–Crippen LogP) is 3.15. The van der Waals surface area contributed by atoms with Gasteiger partial charge in [0, 0.05) is 36.9 Å². The van der Waals surface area contributed by atoms with Crippen molar-refractivity contribution in [3.05, 3.63) is 60.3 Å². The number of amides is 1. The van der Waals surface area contributed by atoms with Crippen LogP contribution in [0.5, 0.6) is 11.5 Å². The van der Waals surface area contributed by atoms with Crippen molar-refractivity contribution in [3.8, 4) is 11.5 Å². The van der Waals surface area contributed by atoms with Crippen LogP contribution < -0.4 is 19.7 Å². The number of nitrogens with zero attached hydrogens (tertiary/aromatic N) is 3. The molecule has 2 fully saturated rings. The summed E-state index contributed by atoms with van der Waals surface area (Å²) in [6.07, 6.45) is 4.05. The molecule has 2 aromatic carbocycles. The molecule has 8 nitrogen and oxygen atoms in total. The minimum atomic E-state index is -0.843. The van der Waals surface area contributed by atoms with Gasteiger partial charge in [-0.1, -0.05) is 18.2 Å². The highest BCUT2D eigenvalue weighted by Gasteiger charge is 2.33. The number of carbonyl (C=O) groups is 1. The van der Waals surface area contributed by atoms with Gasteiger partial charge >= 0.3 is 0 Å². The average molecular weight is 503 g/mol. The molecular formula is C29H34N4O4. The van der Waals surface area contributed by atoms with Gasteiger partial charge in [0.1, 0.15) is 19.3 Å². The van der Waals surface area contributed by atoms with E-state index >= 15 is 0 Å². The van der Waals surface area contributed by atoms with Crippen LogP contribution in [0.1, 0.15) is 30.9 Å². The van der Waals surface area contributed by atoms with Crippen LogP contribution in [0.2, 0.25) is 0 Å². The fraction of sp³-hybridized carbons (Fsp3) is 0.448. The molecule has 8 heteroatoms. The van der Waals surface area contributed by atoms with Gasteiger partial charge in [-0.3, -0.25) is 9.78 Å². The number of hydrogen-bond donors (Lipinski definition) is 2. The minimum absolute atomic E-state index is 0.00204. The number of pyridine rings is 1. The Kier molecular flexibility index (Phi) is 6.85. The molecule has 1 aromatic heterocycles. The zero-order chi connectivity index (χ0) is 25.2. The van der Waals surface area contributed by atoms with Crippen LogP contribution >= 0.6 is 0 Å². The summed E-state index contributed by atoms with van der Waals surface area (Å²) in [5.41, 5.74) is 2.78. The number of aliphatic hydroxyl groups excluding tert-OH is 1. The van der Waals surface area contributed by atoms with E-state index in [0.29, 0.717) is 37.8 Å². The van der Waals surface area contributed by atoms with E-state index < -0.39 is 12.1 Å². The quantitative estimate of drug-likeness (QED) is 0.513. The van der Waals surface area contributed by atoms with Gasteiger partial charge in [0.25, 0.3) is 0 Å². The van der Waals surface area contributed by atoms with Crippen molar-refractivity contribution in [1.29, 1.82) is 0 Å². The van der Waals surface area contributed by atoms with E-state index in [1.54, 1.807) is 6.20 Å². The second kappa shape index (κ2) is 10.6. The Balaban J connectivity index is 1.15. The first-order chi connectivity index (χ1) is 18.1. The summed E-state index contributed by atoms with van der Waals surface area (Å²) in [7, 11) is 0. The van der Waals surface area contributed by atoms with Gasteiger partial charge in [-0.25, -0.2) is 0 Å². The summed E-state index contributed by atoms with van der Waals surface area (Å²) in [5.74, 6) is 1.21. The molecular weight excluding hydrogens is 468 g/mol. The van der Waals surface area contributed by atoms with Gasteiger partial charge in [-0.05, 0) is 68.2 Å². The number of ether oxygens (including phenoxy) is 2. The molecule has 3 aliphatic rings. The molecule has 1 unspecified atom stereocenters. The van der Waals surface area contributed by atoms with E-state index in [0.717, 1.165) is 61.1 Å². The lowest BCUT2D eigenvalue weighted by atomic mass is 9.99. The molecule has 0 spiro atoms. The number of hydrogen-bond acceptors (Lipinski definition) is 7. The largest absolute Gasteiger partial charge is 0.486 e. The fourth-order valence-electron chi connectivity index (χ4n) is 5.70. The molecule has 4 heterocycles. The molecule has 0 bridgehead atoms. The van der Waals surface area contributed by atoms with Crippen LogP contribution in [0.4, 0.5) is 5.69 Å². The maximum atomic E-state index is 13.5. The maximum absolute atomic E-state index is 13.5. The summed E-state index contributed by atoms with van der Waals surface area (Å²) in [6, 6.07) is 15.4. The van der Waals surface area contributed by atoms with Crippen molar-refractivity contribution in [1.82, 2.24) is 15.2 Å². The lowest BCUT2D eigenvalue weighted by Crippen LogP contribution is -2.48. The number of benzene rings is 2. The number of nitrogens with one attached hydrogen (secondary N) is 1. The monoisotopic (exact) mass is 502 g/mol. The van der Waals surface area contributed by atoms with Crippen LogP contribution in [0.15, 0.2) is 54.7 Å². The molecule has 37 heavy (non-hydrogen) atoms. The van der Waals surface area contributed by atoms with Crippen molar-refractivity contribution >= 4 is 22.5 Å². The summed E-state index contributed by atoms with van der Waals surface area (Å²) in [5, 5.41) is 15.7. The van der Waals surface area contributed by atoms with E-state index in [1.165, 1.54) is 0 Å². The number of fused-ring (bicyclic) bond motifs is 2. The van der Waals surface area contributed by atoms with Crippen LogP contribution in [-0.4, -0.2) is 72.9 Å². The van der Waals surface area contributed by atoms with Crippen LogP contribution in [0, 0.1) is 5.92 Å². The van der Waals surface area contributed by atoms with E-state index in [4.69, 9.17) is 9.47 Å². The first kappa shape index (κ1) is 24.0. The lowest BCUT2D eigenvalue weighted by molar-refractivity contribution is -0.126. The van der Waals surface area contributed by atoms with Gasteiger partial charge < -0.3 is 29.7 Å². The first-order valence-electron chi connectivity index (χ1n) is 13.3. The van der Waals surface area contributed by atoms with Gasteiger partial charge in [-0.2, -0.15) is 0 Å². The number of anilines is 1. The van der Waals surface area contributed by atoms with Crippen LogP contribution in [0.3, 0.4) is 0 Å². The number of likely N-dealkylation sites (tertiary alicyclic amines) is 1. The Bertz CT molecular complexity index is 1260. The van der Waals surface area contributed by atoms with Crippen molar-refractivity contribution in [2.24, 2.45) is 5.92 Å². The van der Waals surface area contributed by atoms with Gasteiger partial charge in [-0.15, -0.1) is 0 Å². The average Bonchev–Trinajstić information content (AvgIpc) is 3.64. The molecule has 2 N–H and O–H groups in total. The highest BCUT2D eigenvalue weighted by atomic mass is 16.6. The molecule has 194 valence electrons. The molecule has 0 aliphatic carbocycles. The van der Waals surface area contributed by atoms with E-state index in [9.17, 15) is 9.90 Å². The maximum Gasteiger partial charge on any atom is 0.225 e. The summed E-state index contributed by atoms with van der Waals surface area (Å²) < 4.78 is 11.4. The molecule has 6 rings (SSSR count). The van der Waals surface area contributed by atoms with Gasteiger partial charge in [0.05, 0.1) is 17.5 Å². The summed E-state index contributed by atoms with van der Waals surface area (Å²) in [4.78, 5) is 22.5. The van der Waals surface area contributed by atoms with Gasteiger partial charge in [0.2, 0.25) is 5.91 Å². The topological polar surface area (TPSA) is 87.2 Å². The van der Waals surface area contributed by atoms with Crippen LogP contribution in [-0.2, 0) is 4.79 Å². The molecule has 3 aromatic rings. The summed E-state index contributed by atoms with van der Waals surface area (Å²) >= 11 is 0. The smallest absolute Gasteiger partial charge is 0.225 e. The van der Waals surface area contributed by atoms with Crippen molar-refractivity contribution in [2.45, 2.75) is 31.4 Å². The van der Waals surface area contributed by atoms with Crippen molar-refractivity contribution in [2.75, 3.05) is 50.8 Å². The summed E-state index contributed by atoms with van der Waals surface area (Å²) in [6.45, 7) is 5.09. The predicted molar refractivity (Wildman–Crippen MR) is 142 cm³/mol. The Hall–Kier alpha value is -3.36. The molecule has 2 saturated heterocycles. The number of aliphatic hydroxyl groups is 1. The first-order valence-corrected chi connectivity index (χ1v) is 13.3. The second-order valence-electron chi connectivity index (χ2n) is 10.3. The zero-order valence-corrected chi connectivity index (χ0v) is 21.0. The third-order valence-corrected chi connectivity index (χ3v) is 7.78. The van der Waals surface area contributed by atoms with E-state index in [1.807, 2.05) is 24.3 Å². The highest BCUT2D eigenvalue weighted by molar-refractivity contribution is 5.83. The minimum Gasteiger partial charge on any atom is -0.486 e. The molecule has 0 radical (unpaired) electrons. The molecule has 1 amide bonds. The normalized spacial score (nSPS) is 21.2. The van der Waals surface area contributed by atoms with Crippen LogP contribution in [0.25, 0.3) is 10.9 Å². The number of carbonyl (C=O) groups excluding carboxylic acids is 1. The Morgan fingerprint density at radius 1 is 1.05 bits per heavy atom. The fourth-order valence-corrected chi connectivity index (χ4v) is 5.70. The standard InChI is InChI=1S/C29H34N4O4/c34-28(21-6-8-26-27(16-21)37-15-14-36-26)25(19-32-11-1-2-12-32)31-29(35)22-9-13-33(18-22)23-7-5-20-4-3-10-30-24(20)17-23/h3-8,10,16-17,22,25,28,34H,1-2,9,11-15,18-19H2,(H,31,35)/t22?,25-,28-/m1/s1. The zero-order valence-electron chi connectivity index (χ0n) is 21.0. The number of aromatic nitrogens is 1. The second-order valence-corrected chi connectivity index (χ2v) is 10.3. The number of rotatable bonds is 7. The lowest BCUT2D eigenvalue weighted by Gasteiger charge is -2.30. The van der Waals surface area contributed by atoms with E-state index in [-0.39, 0.29) is 11.8 Å². The van der Waals surface area contributed by atoms with Crippen molar-refractivity contribution < 1.29 is 19.4 Å². The highest BCUT2D eigenvalue weighted by Crippen LogP contribution is 2.34. The van der Waals surface area contributed by atoms with Gasteiger partial charge in [0.15, 0.2) is 11.5 Å². The molecule has 0 saturated carbocycles. The Labute approximate surface area is 217 Å². The molecule has 3 aliphatic heterocycles. The Morgan fingerprint density at radius 2 is 1.89 bits per heavy atom. The van der Waals surface area contributed by atoms with Crippen molar-refractivity contribution in [3.63, 3.8) is 0 Å². The SMILES string of the molecule is O=C(N[C@H](CN1CCCC1)[C@H](O)c1ccc2c(c1)OCCO2)C1CCN(c2ccc3cccnc3c2)C1. The van der Waals surface area contributed by atoms with E-state index in [2.05, 4.69) is 44.4 Å². The third-order valence-electron chi connectivity index (χ3n) is 7.78. The Morgan fingerprint density at radius 3 is 2.76 bits per heavy atom. The third kappa shape index (κ3) is 5.22.